The third kappa shape index (κ3) is 2.81. The molecule has 6 nitrogen and oxygen atoms in total. The molecule has 0 radical (unpaired) electrons. The SMILES string of the molecule is COC(=O)[C@H](CO)NC(=O)n1cccc1. The van der Waals surface area contributed by atoms with Gasteiger partial charge in [-0.15, -0.1) is 0 Å². The summed E-state index contributed by atoms with van der Waals surface area (Å²) >= 11 is 0. The summed E-state index contributed by atoms with van der Waals surface area (Å²) in [6, 6.07) is 1.81. The molecule has 0 aliphatic carbocycles. The Morgan fingerprint density at radius 2 is 2.07 bits per heavy atom. The maximum Gasteiger partial charge on any atom is 0.330 e. The smallest absolute Gasteiger partial charge is 0.330 e. The van der Waals surface area contributed by atoms with Crippen molar-refractivity contribution >= 4 is 12.0 Å². The van der Waals surface area contributed by atoms with E-state index in [0.717, 1.165) is 0 Å². The molecule has 1 aromatic heterocycles. The molecule has 1 atom stereocenters. The van der Waals surface area contributed by atoms with Crippen molar-refractivity contribution in [1.29, 1.82) is 0 Å². The van der Waals surface area contributed by atoms with Gasteiger partial charge in [0, 0.05) is 12.4 Å². The second-order valence-electron chi connectivity index (χ2n) is 2.80. The topological polar surface area (TPSA) is 80.6 Å². The van der Waals surface area contributed by atoms with Crippen LogP contribution in [0.3, 0.4) is 0 Å². The minimum absolute atomic E-state index is 0.496. The fourth-order valence-corrected chi connectivity index (χ4v) is 1.01. The largest absolute Gasteiger partial charge is 0.467 e. The molecule has 0 fully saturated rings. The van der Waals surface area contributed by atoms with Gasteiger partial charge in [0.15, 0.2) is 6.04 Å². The zero-order valence-electron chi connectivity index (χ0n) is 8.21. The lowest BCUT2D eigenvalue weighted by Gasteiger charge is -2.13. The van der Waals surface area contributed by atoms with Crippen molar-refractivity contribution in [3.05, 3.63) is 24.5 Å². The number of aliphatic hydroxyl groups excluding tert-OH is 1. The Balaban J connectivity index is 2.60. The Morgan fingerprint density at radius 1 is 1.47 bits per heavy atom. The highest BCUT2D eigenvalue weighted by molar-refractivity contribution is 5.84. The molecule has 82 valence electrons. The minimum Gasteiger partial charge on any atom is -0.467 e. The highest BCUT2D eigenvalue weighted by Gasteiger charge is 2.20. The van der Waals surface area contributed by atoms with Crippen molar-refractivity contribution in [2.45, 2.75) is 6.04 Å². The Bertz CT molecular complexity index is 334. The number of aliphatic hydroxyl groups is 1. The molecule has 0 aromatic carbocycles. The van der Waals surface area contributed by atoms with Crippen LogP contribution in [0.5, 0.6) is 0 Å². The number of esters is 1. The molecular formula is C9H12N2O4. The van der Waals surface area contributed by atoms with Gasteiger partial charge < -0.3 is 15.2 Å². The molecule has 0 unspecified atom stereocenters. The van der Waals surface area contributed by atoms with Gasteiger partial charge >= 0.3 is 12.0 Å². The fourth-order valence-electron chi connectivity index (χ4n) is 1.01. The first kappa shape index (κ1) is 11.3. The zero-order chi connectivity index (χ0) is 11.3. The van der Waals surface area contributed by atoms with Gasteiger partial charge in [-0.1, -0.05) is 0 Å². The fraction of sp³-hybridized carbons (Fsp3) is 0.333. The van der Waals surface area contributed by atoms with E-state index in [2.05, 4.69) is 10.1 Å². The summed E-state index contributed by atoms with van der Waals surface area (Å²) in [5.41, 5.74) is 0. The van der Waals surface area contributed by atoms with E-state index in [9.17, 15) is 9.59 Å². The second-order valence-corrected chi connectivity index (χ2v) is 2.80. The minimum atomic E-state index is -1.04. The maximum atomic E-state index is 11.4. The van der Waals surface area contributed by atoms with E-state index in [1.165, 1.54) is 24.1 Å². The van der Waals surface area contributed by atoms with Gasteiger partial charge in [0.1, 0.15) is 0 Å². The van der Waals surface area contributed by atoms with Crippen LogP contribution in [0.2, 0.25) is 0 Å². The van der Waals surface area contributed by atoms with Crippen molar-refractivity contribution in [3.63, 3.8) is 0 Å². The number of carbonyl (C=O) groups is 2. The van der Waals surface area contributed by atoms with Crippen molar-refractivity contribution in [3.8, 4) is 0 Å². The quantitative estimate of drug-likeness (QED) is 0.667. The first-order valence-corrected chi connectivity index (χ1v) is 4.31. The third-order valence-electron chi connectivity index (χ3n) is 1.80. The molecular weight excluding hydrogens is 200 g/mol. The van der Waals surface area contributed by atoms with Gasteiger partial charge in [-0.3, -0.25) is 4.57 Å². The van der Waals surface area contributed by atoms with E-state index in [1.807, 2.05) is 0 Å². The lowest BCUT2D eigenvalue weighted by atomic mass is 10.3. The molecule has 1 amide bonds. The van der Waals surface area contributed by atoms with Gasteiger partial charge in [-0.05, 0) is 12.1 Å². The molecule has 0 spiro atoms. The number of nitrogens with one attached hydrogen (secondary N) is 1. The molecule has 15 heavy (non-hydrogen) atoms. The summed E-state index contributed by atoms with van der Waals surface area (Å²) in [6.07, 6.45) is 3.06. The molecule has 1 rings (SSSR count). The molecule has 1 aromatic rings. The third-order valence-corrected chi connectivity index (χ3v) is 1.80. The number of carbonyl (C=O) groups excluding carboxylic acids is 2. The normalized spacial score (nSPS) is 11.9. The number of ether oxygens (including phenoxy) is 1. The molecule has 2 N–H and O–H groups in total. The summed E-state index contributed by atoms with van der Waals surface area (Å²) in [7, 11) is 1.19. The number of hydrogen-bond acceptors (Lipinski definition) is 4. The Hall–Kier alpha value is -1.82. The van der Waals surface area contributed by atoms with E-state index in [0.29, 0.717) is 0 Å². The van der Waals surface area contributed by atoms with Gasteiger partial charge in [0.05, 0.1) is 13.7 Å². The molecule has 0 bridgehead atoms. The van der Waals surface area contributed by atoms with Crippen LogP contribution in [0, 0.1) is 0 Å². The summed E-state index contributed by atoms with van der Waals surface area (Å²) in [5, 5.41) is 11.2. The highest BCUT2D eigenvalue weighted by atomic mass is 16.5. The first-order valence-electron chi connectivity index (χ1n) is 4.31. The van der Waals surface area contributed by atoms with Gasteiger partial charge in [-0.25, -0.2) is 9.59 Å². The van der Waals surface area contributed by atoms with E-state index in [4.69, 9.17) is 5.11 Å². The first-order chi connectivity index (χ1) is 7.19. The molecule has 0 saturated heterocycles. The second kappa shape index (κ2) is 5.16. The van der Waals surface area contributed by atoms with E-state index in [-0.39, 0.29) is 0 Å². The number of rotatable bonds is 3. The Kier molecular flexibility index (Phi) is 3.87. The molecule has 6 heteroatoms. The molecule has 0 aliphatic rings. The van der Waals surface area contributed by atoms with E-state index in [1.54, 1.807) is 12.1 Å². The predicted octanol–water partition coefficient (Wildman–Crippen LogP) is -0.420. The monoisotopic (exact) mass is 212 g/mol. The van der Waals surface area contributed by atoms with Crippen LogP contribution >= 0.6 is 0 Å². The number of amides is 1. The van der Waals surface area contributed by atoms with Crippen LogP contribution in [0.15, 0.2) is 24.5 Å². The van der Waals surface area contributed by atoms with Crippen molar-refractivity contribution in [2.75, 3.05) is 13.7 Å². The van der Waals surface area contributed by atoms with Crippen LogP contribution in [0.1, 0.15) is 0 Å². The maximum absolute atomic E-state index is 11.4. The van der Waals surface area contributed by atoms with Gasteiger partial charge in [0.2, 0.25) is 0 Å². The highest BCUT2D eigenvalue weighted by Crippen LogP contribution is 1.92. The van der Waals surface area contributed by atoms with Gasteiger partial charge in [-0.2, -0.15) is 0 Å². The number of aromatic nitrogens is 1. The van der Waals surface area contributed by atoms with Crippen LogP contribution in [0.25, 0.3) is 0 Å². The summed E-state index contributed by atoms with van der Waals surface area (Å²) in [5.74, 6) is -0.682. The average Bonchev–Trinajstić information content (AvgIpc) is 2.77. The Morgan fingerprint density at radius 3 is 2.53 bits per heavy atom. The average molecular weight is 212 g/mol. The van der Waals surface area contributed by atoms with Crippen LogP contribution in [-0.4, -0.2) is 41.4 Å². The van der Waals surface area contributed by atoms with E-state index < -0.39 is 24.6 Å². The molecule has 1 heterocycles. The van der Waals surface area contributed by atoms with Crippen LogP contribution in [0.4, 0.5) is 4.79 Å². The predicted molar refractivity (Wildman–Crippen MR) is 51.3 cm³/mol. The van der Waals surface area contributed by atoms with Gasteiger partial charge in [0.25, 0.3) is 0 Å². The standard InChI is InChI=1S/C9H12N2O4/c1-15-8(13)7(6-12)10-9(14)11-4-2-3-5-11/h2-5,7,12H,6H2,1H3,(H,10,14)/t7-/m0/s1. The lowest BCUT2D eigenvalue weighted by Crippen LogP contribution is -2.45. The summed E-state index contributed by atoms with van der Waals surface area (Å²) < 4.78 is 5.65. The number of methoxy groups -OCH3 is 1. The van der Waals surface area contributed by atoms with Crippen molar-refractivity contribution in [2.24, 2.45) is 0 Å². The lowest BCUT2D eigenvalue weighted by molar-refractivity contribution is -0.143. The van der Waals surface area contributed by atoms with E-state index >= 15 is 0 Å². The molecule has 0 aliphatic heterocycles. The Labute approximate surface area is 86.5 Å². The van der Waals surface area contributed by atoms with Crippen LogP contribution in [-0.2, 0) is 9.53 Å². The van der Waals surface area contributed by atoms with Crippen molar-refractivity contribution in [1.82, 2.24) is 9.88 Å². The number of hydrogen-bond donors (Lipinski definition) is 2. The van der Waals surface area contributed by atoms with Crippen molar-refractivity contribution < 1.29 is 19.4 Å². The van der Waals surface area contributed by atoms with Crippen LogP contribution < -0.4 is 5.32 Å². The molecule has 0 saturated carbocycles. The summed E-state index contributed by atoms with van der Waals surface area (Å²) in [4.78, 5) is 22.5. The zero-order valence-corrected chi connectivity index (χ0v) is 8.21. The number of nitrogens with zero attached hydrogens (tertiary/aromatic N) is 1. The summed E-state index contributed by atoms with van der Waals surface area (Å²) in [6.45, 7) is -0.500.